The van der Waals surface area contributed by atoms with Crippen LogP contribution in [0.4, 0.5) is 0 Å². The number of ether oxygens (including phenoxy) is 1. The summed E-state index contributed by atoms with van der Waals surface area (Å²) in [5.41, 5.74) is 0.481. The summed E-state index contributed by atoms with van der Waals surface area (Å²) >= 11 is 0. The van der Waals surface area contributed by atoms with E-state index in [0.29, 0.717) is 23.5 Å². The lowest BCUT2D eigenvalue weighted by atomic mass is 9.74. The van der Waals surface area contributed by atoms with Crippen LogP contribution in [-0.2, 0) is 9.53 Å². The van der Waals surface area contributed by atoms with Gasteiger partial charge < -0.3 is 15.2 Å². The van der Waals surface area contributed by atoms with E-state index in [-0.39, 0.29) is 6.54 Å². The van der Waals surface area contributed by atoms with Crippen LogP contribution in [0.25, 0.3) is 0 Å². The van der Waals surface area contributed by atoms with Crippen molar-refractivity contribution in [2.75, 3.05) is 26.3 Å². The molecule has 0 aromatic rings. The maximum absolute atomic E-state index is 10.9. The van der Waals surface area contributed by atoms with Crippen molar-refractivity contribution in [2.24, 2.45) is 5.41 Å². The molecule has 0 aromatic carbocycles. The van der Waals surface area contributed by atoms with E-state index in [2.05, 4.69) is 17.1 Å². The molecule has 0 aromatic heterocycles. The van der Waals surface area contributed by atoms with Gasteiger partial charge in [-0.3, -0.25) is 9.69 Å². The van der Waals surface area contributed by atoms with E-state index in [0.717, 1.165) is 32.6 Å². The zero-order valence-corrected chi connectivity index (χ0v) is 13.7. The molecule has 5 nitrogen and oxygen atoms in total. The van der Waals surface area contributed by atoms with Gasteiger partial charge in [-0.1, -0.05) is 13.3 Å². The number of rotatable bonds is 6. The Labute approximate surface area is 133 Å². The highest BCUT2D eigenvalue weighted by atomic mass is 16.5. The number of carboxylic acid groups (broad SMARTS) is 1. The van der Waals surface area contributed by atoms with Gasteiger partial charge in [0.1, 0.15) is 0 Å². The summed E-state index contributed by atoms with van der Waals surface area (Å²) in [6, 6.07) is 1.68. The van der Waals surface area contributed by atoms with E-state index in [9.17, 15) is 4.79 Å². The van der Waals surface area contributed by atoms with Crippen LogP contribution >= 0.6 is 0 Å². The van der Waals surface area contributed by atoms with E-state index in [1.165, 1.54) is 32.1 Å². The number of nitrogens with zero attached hydrogens (tertiary/aromatic N) is 1. The fourth-order valence-electron chi connectivity index (χ4n) is 4.75. The molecule has 126 valence electrons. The molecule has 0 amide bonds. The molecule has 5 heteroatoms. The van der Waals surface area contributed by atoms with Crippen LogP contribution in [-0.4, -0.2) is 60.4 Å². The van der Waals surface area contributed by atoms with Gasteiger partial charge in [-0.25, -0.2) is 0 Å². The molecule has 2 saturated carbocycles. The van der Waals surface area contributed by atoms with Crippen LogP contribution in [0.1, 0.15) is 51.9 Å². The van der Waals surface area contributed by atoms with Crippen LogP contribution in [0.15, 0.2) is 0 Å². The first-order valence-corrected chi connectivity index (χ1v) is 8.92. The Hall–Kier alpha value is -0.650. The average Bonchev–Trinajstić information content (AvgIpc) is 2.83. The third kappa shape index (κ3) is 3.31. The Morgan fingerprint density at radius 3 is 2.68 bits per heavy atom. The second kappa shape index (κ2) is 6.85. The first kappa shape index (κ1) is 16.2. The summed E-state index contributed by atoms with van der Waals surface area (Å²) in [6.45, 7) is 4.91. The van der Waals surface area contributed by atoms with Crippen LogP contribution in [0.5, 0.6) is 0 Å². The van der Waals surface area contributed by atoms with Gasteiger partial charge in [-0.2, -0.15) is 0 Å². The van der Waals surface area contributed by atoms with Crippen molar-refractivity contribution in [2.45, 2.75) is 70.0 Å². The smallest absolute Gasteiger partial charge is 0.317 e. The van der Waals surface area contributed by atoms with Crippen molar-refractivity contribution < 1.29 is 14.6 Å². The zero-order chi connectivity index (χ0) is 15.6. The zero-order valence-electron chi connectivity index (χ0n) is 13.7. The van der Waals surface area contributed by atoms with E-state index >= 15 is 0 Å². The summed E-state index contributed by atoms with van der Waals surface area (Å²) in [6.07, 6.45) is 8.61. The molecule has 3 rings (SSSR count). The molecule has 1 spiro atoms. The first-order valence-electron chi connectivity index (χ1n) is 8.92. The summed E-state index contributed by atoms with van der Waals surface area (Å²) in [5, 5.41) is 12.9. The van der Waals surface area contributed by atoms with Crippen LogP contribution in [0.2, 0.25) is 0 Å². The molecule has 2 N–H and O–H groups in total. The molecule has 0 radical (unpaired) electrons. The van der Waals surface area contributed by atoms with Gasteiger partial charge in [0, 0.05) is 31.3 Å². The highest BCUT2D eigenvalue weighted by Crippen LogP contribution is 2.46. The molecule has 1 saturated heterocycles. The minimum absolute atomic E-state index is 0.179. The summed E-state index contributed by atoms with van der Waals surface area (Å²) in [4.78, 5) is 13.0. The third-order valence-corrected chi connectivity index (χ3v) is 6.21. The maximum atomic E-state index is 10.9. The lowest BCUT2D eigenvalue weighted by Gasteiger charge is -2.47. The van der Waals surface area contributed by atoms with Gasteiger partial charge in [0.15, 0.2) is 0 Å². The lowest BCUT2D eigenvalue weighted by Crippen LogP contribution is -2.58. The number of hydrogen-bond acceptors (Lipinski definition) is 4. The number of likely N-dealkylation sites (N-methyl/N-ethyl adjacent to an activating group) is 1. The summed E-state index contributed by atoms with van der Waals surface area (Å²) < 4.78 is 5.56. The Morgan fingerprint density at radius 1 is 1.32 bits per heavy atom. The van der Waals surface area contributed by atoms with Gasteiger partial charge >= 0.3 is 5.97 Å². The van der Waals surface area contributed by atoms with Crippen molar-refractivity contribution in [1.82, 2.24) is 10.2 Å². The number of nitrogens with one attached hydrogen (secondary N) is 1. The van der Waals surface area contributed by atoms with Crippen LogP contribution in [0.3, 0.4) is 0 Å². The maximum Gasteiger partial charge on any atom is 0.317 e. The van der Waals surface area contributed by atoms with E-state index in [4.69, 9.17) is 9.84 Å². The Balaban J connectivity index is 1.48. The molecule has 22 heavy (non-hydrogen) atoms. The second-order valence-corrected chi connectivity index (χ2v) is 7.37. The molecule has 3 fully saturated rings. The average molecular weight is 310 g/mol. The van der Waals surface area contributed by atoms with Gasteiger partial charge in [0.25, 0.3) is 0 Å². The summed E-state index contributed by atoms with van der Waals surface area (Å²) in [7, 11) is 0. The second-order valence-electron chi connectivity index (χ2n) is 7.37. The standard InChI is InChI=1S/C17H30N2O3/c1-2-19(12-16(20)21)14-10-13(11-14)18-15-4-3-5-17(15)6-8-22-9-7-17/h13-15,18H,2-12H2,1H3,(H,20,21). The van der Waals surface area contributed by atoms with Crippen molar-refractivity contribution in [3.63, 3.8) is 0 Å². The molecular weight excluding hydrogens is 280 g/mol. The quantitative estimate of drug-likeness (QED) is 0.784. The molecule has 1 heterocycles. The largest absolute Gasteiger partial charge is 0.480 e. The van der Waals surface area contributed by atoms with Gasteiger partial charge in [-0.05, 0) is 50.5 Å². The number of carbonyl (C=O) groups is 1. The normalized spacial score (nSPS) is 34.0. The fraction of sp³-hybridized carbons (Fsp3) is 0.941. The number of aliphatic carboxylic acids is 1. The fourth-order valence-corrected chi connectivity index (χ4v) is 4.75. The Morgan fingerprint density at radius 2 is 2.05 bits per heavy atom. The van der Waals surface area contributed by atoms with Crippen molar-refractivity contribution in [3.8, 4) is 0 Å². The van der Waals surface area contributed by atoms with Crippen molar-refractivity contribution >= 4 is 5.97 Å². The predicted octanol–water partition coefficient (Wildman–Crippen LogP) is 1.86. The van der Waals surface area contributed by atoms with Crippen molar-refractivity contribution in [3.05, 3.63) is 0 Å². The minimum atomic E-state index is -0.713. The Bertz CT molecular complexity index is 389. The first-order chi connectivity index (χ1) is 10.6. The molecule has 0 bridgehead atoms. The third-order valence-electron chi connectivity index (χ3n) is 6.21. The van der Waals surface area contributed by atoms with Crippen LogP contribution in [0, 0.1) is 5.41 Å². The highest BCUT2D eigenvalue weighted by Gasteiger charge is 2.45. The monoisotopic (exact) mass is 310 g/mol. The van der Waals surface area contributed by atoms with E-state index in [1.54, 1.807) is 0 Å². The summed E-state index contributed by atoms with van der Waals surface area (Å²) in [5.74, 6) is -0.713. The van der Waals surface area contributed by atoms with Crippen molar-refractivity contribution in [1.29, 1.82) is 0 Å². The molecule has 1 atom stereocenters. The topological polar surface area (TPSA) is 61.8 Å². The minimum Gasteiger partial charge on any atom is -0.480 e. The Kier molecular flexibility index (Phi) is 5.05. The molecule has 1 aliphatic heterocycles. The lowest BCUT2D eigenvalue weighted by molar-refractivity contribution is -0.139. The van der Waals surface area contributed by atoms with Gasteiger partial charge in [-0.15, -0.1) is 0 Å². The predicted molar refractivity (Wildman–Crippen MR) is 85.0 cm³/mol. The molecule has 2 aliphatic carbocycles. The van der Waals surface area contributed by atoms with Gasteiger partial charge in [0.2, 0.25) is 0 Å². The van der Waals surface area contributed by atoms with E-state index in [1.807, 2.05) is 0 Å². The SMILES string of the molecule is CCN(CC(=O)O)C1CC(NC2CCCC23CCOCC3)C1. The molecule has 3 aliphatic rings. The van der Waals surface area contributed by atoms with Gasteiger partial charge in [0.05, 0.1) is 6.54 Å². The molecular formula is C17H30N2O3. The van der Waals surface area contributed by atoms with E-state index < -0.39 is 5.97 Å². The highest BCUT2D eigenvalue weighted by molar-refractivity contribution is 5.69. The number of hydrogen-bond donors (Lipinski definition) is 2. The number of carboxylic acids is 1. The molecule has 1 unspecified atom stereocenters. The van der Waals surface area contributed by atoms with Crippen LogP contribution < -0.4 is 5.32 Å².